The van der Waals surface area contributed by atoms with Gasteiger partial charge in [0.05, 0.1) is 25.4 Å². The van der Waals surface area contributed by atoms with Crippen LogP contribution in [-0.4, -0.2) is 6.61 Å². The van der Waals surface area contributed by atoms with Gasteiger partial charge in [0.15, 0.2) is 11.5 Å². The van der Waals surface area contributed by atoms with Gasteiger partial charge in [0, 0.05) is 0 Å². The minimum Gasteiger partial charge on any atom is -0.490 e. The third kappa shape index (κ3) is 4.91. The number of ether oxygens (including phenoxy) is 4. The van der Waals surface area contributed by atoms with Crippen LogP contribution in [-0.2, 0) is 0 Å². The molecule has 0 saturated heterocycles. The SMILES string of the molecule is CC=COc1ccc(OCC)c(OC=CC)c1OC=CC. The van der Waals surface area contributed by atoms with Gasteiger partial charge in [-0.2, -0.15) is 0 Å². The average molecular weight is 290 g/mol. The molecule has 0 aliphatic heterocycles. The normalized spacial score (nSPS) is 11.4. The molecule has 1 aromatic carbocycles. The summed E-state index contributed by atoms with van der Waals surface area (Å²) < 4.78 is 22.4. The van der Waals surface area contributed by atoms with E-state index in [1.807, 2.05) is 27.7 Å². The Kier molecular flexibility index (Phi) is 7.58. The zero-order chi connectivity index (χ0) is 15.5. The molecule has 0 atom stereocenters. The van der Waals surface area contributed by atoms with Gasteiger partial charge in [-0.3, -0.25) is 0 Å². The Labute approximate surface area is 126 Å². The molecule has 1 aromatic rings. The van der Waals surface area contributed by atoms with Crippen molar-refractivity contribution in [3.8, 4) is 23.0 Å². The second-order valence-electron chi connectivity index (χ2n) is 3.91. The molecule has 0 heterocycles. The first-order valence-electron chi connectivity index (χ1n) is 6.91. The van der Waals surface area contributed by atoms with E-state index in [0.717, 1.165) is 0 Å². The smallest absolute Gasteiger partial charge is 0.215 e. The van der Waals surface area contributed by atoms with Crippen LogP contribution in [0.4, 0.5) is 0 Å². The lowest BCUT2D eigenvalue weighted by molar-refractivity contribution is 0.309. The van der Waals surface area contributed by atoms with Gasteiger partial charge in [0.1, 0.15) is 0 Å². The summed E-state index contributed by atoms with van der Waals surface area (Å²) in [5, 5.41) is 0. The fourth-order valence-electron chi connectivity index (χ4n) is 1.53. The molecule has 114 valence electrons. The molecule has 0 aliphatic rings. The number of benzene rings is 1. The van der Waals surface area contributed by atoms with Crippen LogP contribution < -0.4 is 18.9 Å². The largest absolute Gasteiger partial charge is 0.490 e. The van der Waals surface area contributed by atoms with Gasteiger partial charge in [-0.25, -0.2) is 0 Å². The molecular formula is C17H22O4. The lowest BCUT2D eigenvalue weighted by atomic mass is 10.2. The van der Waals surface area contributed by atoms with Crippen molar-refractivity contribution in [2.45, 2.75) is 27.7 Å². The van der Waals surface area contributed by atoms with Gasteiger partial charge >= 0.3 is 0 Å². The van der Waals surface area contributed by atoms with Crippen molar-refractivity contribution < 1.29 is 18.9 Å². The Morgan fingerprint density at radius 1 is 0.762 bits per heavy atom. The molecule has 0 fully saturated rings. The second kappa shape index (κ2) is 9.53. The van der Waals surface area contributed by atoms with Crippen LogP contribution >= 0.6 is 0 Å². The van der Waals surface area contributed by atoms with E-state index in [1.54, 1.807) is 49.1 Å². The Morgan fingerprint density at radius 2 is 1.24 bits per heavy atom. The molecule has 4 nitrogen and oxygen atoms in total. The lowest BCUT2D eigenvalue weighted by Gasteiger charge is -2.15. The molecule has 0 aromatic heterocycles. The van der Waals surface area contributed by atoms with Gasteiger partial charge in [-0.05, 0) is 39.8 Å². The van der Waals surface area contributed by atoms with Crippen LogP contribution in [0.5, 0.6) is 23.0 Å². The van der Waals surface area contributed by atoms with Crippen molar-refractivity contribution in [2.75, 3.05) is 6.61 Å². The molecule has 4 heteroatoms. The summed E-state index contributed by atoms with van der Waals surface area (Å²) in [5.41, 5.74) is 0. The zero-order valence-electron chi connectivity index (χ0n) is 13.0. The molecule has 0 N–H and O–H groups in total. The minimum atomic E-state index is 0.468. The van der Waals surface area contributed by atoms with Crippen LogP contribution in [0.1, 0.15) is 27.7 Å². The van der Waals surface area contributed by atoms with Crippen LogP contribution in [0.15, 0.2) is 49.1 Å². The summed E-state index contributed by atoms with van der Waals surface area (Å²) in [6.07, 6.45) is 10.1. The standard InChI is InChI=1S/C17H22O4/c1-5-11-19-15-10-9-14(18-8-4)16(20-12-6-2)17(15)21-13-7-3/h5-7,9-13H,8H2,1-4H3. The van der Waals surface area contributed by atoms with Crippen LogP contribution in [0.2, 0.25) is 0 Å². The monoisotopic (exact) mass is 290 g/mol. The lowest BCUT2D eigenvalue weighted by Crippen LogP contribution is -1.99. The predicted molar refractivity (Wildman–Crippen MR) is 83.9 cm³/mol. The van der Waals surface area contributed by atoms with E-state index in [2.05, 4.69) is 0 Å². The van der Waals surface area contributed by atoms with Gasteiger partial charge in [-0.15, -0.1) is 0 Å². The predicted octanol–water partition coefficient (Wildman–Crippen LogP) is 4.82. The quantitative estimate of drug-likeness (QED) is 0.643. The summed E-state index contributed by atoms with van der Waals surface area (Å²) in [5.74, 6) is 2.10. The molecule has 0 aliphatic carbocycles. The van der Waals surface area contributed by atoms with Gasteiger partial charge < -0.3 is 18.9 Å². The summed E-state index contributed by atoms with van der Waals surface area (Å²) in [6.45, 7) is 8.05. The molecule has 21 heavy (non-hydrogen) atoms. The maximum absolute atomic E-state index is 5.62. The zero-order valence-corrected chi connectivity index (χ0v) is 13.0. The van der Waals surface area contributed by atoms with E-state index in [-0.39, 0.29) is 0 Å². The highest BCUT2D eigenvalue weighted by atomic mass is 16.5. The first kappa shape index (κ1) is 16.7. The Morgan fingerprint density at radius 3 is 1.76 bits per heavy atom. The maximum atomic E-state index is 5.62. The third-order valence-corrected chi connectivity index (χ3v) is 2.31. The molecule has 0 saturated carbocycles. The van der Waals surface area contributed by atoms with E-state index in [0.29, 0.717) is 29.6 Å². The summed E-state index contributed by atoms with van der Waals surface area (Å²) in [6, 6.07) is 3.58. The molecule has 0 bridgehead atoms. The van der Waals surface area contributed by atoms with Gasteiger partial charge in [0.25, 0.3) is 0 Å². The topological polar surface area (TPSA) is 36.9 Å². The van der Waals surface area contributed by atoms with Crippen molar-refractivity contribution in [2.24, 2.45) is 0 Å². The fraction of sp³-hybridized carbons (Fsp3) is 0.294. The first-order valence-corrected chi connectivity index (χ1v) is 6.91. The fourth-order valence-corrected chi connectivity index (χ4v) is 1.53. The van der Waals surface area contributed by atoms with Crippen molar-refractivity contribution in [3.63, 3.8) is 0 Å². The van der Waals surface area contributed by atoms with Gasteiger partial charge in [-0.1, -0.05) is 18.2 Å². The number of rotatable bonds is 8. The van der Waals surface area contributed by atoms with Crippen LogP contribution in [0.25, 0.3) is 0 Å². The van der Waals surface area contributed by atoms with Crippen molar-refractivity contribution in [3.05, 3.63) is 49.1 Å². The molecular weight excluding hydrogens is 268 g/mol. The van der Waals surface area contributed by atoms with Crippen molar-refractivity contribution >= 4 is 0 Å². The Bertz CT molecular complexity index is 516. The summed E-state index contributed by atoms with van der Waals surface area (Å²) in [7, 11) is 0. The highest BCUT2D eigenvalue weighted by Gasteiger charge is 2.18. The average Bonchev–Trinajstić information content (AvgIpc) is 2.50. The maximum Gasteiger partial charge on any atom is 0.215 e. The summed E-state index contributed by atoms with van der Waals surface area (Å²) in [4.78, 5) is 0. The second-order valence-corrected chi connectivity index (χ2v) is 3.91. The van der Waals surface area contributed by atoms with E-state index in [1.165, 1.54) is 0 Å². The molecule has 0 amide bonds. The van der Waals surface area contributed by atoms with E-state index < -0.39 is 0 Å². The molecule has 0 spiro atoms. The summed E-state index contributed by atoms with van der Waals surface area (Å²) >= 11 is 0. The van der Waals surface area contributed by atoms with E-state index >= 15 is 0 Å². The van der Waals surface area contributed by atoms with Crippen molar-refractivity contribution in [1.29, 1.82) is 0 Å². The Balaban J connectivity index is 3.31. The third-order valence-electron chi connectivity index (χ3n) is 2.31. The highest BCUT2D eigenvalue weighted by Crippen LogP contribution is 2.45. The number of hydrogen-bond acceptors (Lipinski definition) is 4. The van der Waals surface area contributed by atoms with Crippen LogP contribution in [0, 0.1) is 0 Å². The van der Waals surface area contributed by atoms with E-state index in [4.69, 9.17) is 18.9 Å². The highest BCUT2D eigenvalue weighted by molar-refractivity contribution is 5.59. The van der Waals surface area contributed by atoms with Crippen LogP contribution in [0.3, 0.4) is 0 Å². The van der Waals surface area contributed by atoms with E-state index in [9.17, 15) is 0 Å². The minimum absolute atomic E-state index is 0.468. The Hall–Kier alpha value is -2.36. The van der Waals surface area contributed by atoms with Crippen molar-refractivity contribution in [1.82, 2.24) is 0 Å². The number of hydrogen-bond donors (Lipinski definition) is 0. The number of allylic oxidation sites excluding steroid dienone is 3. The first-order chi connectivity index (χ1) is 10.3. The van der Waals surface area contributed by atoms with Gasteiger partial charge in [0.2, 0.25) is 11.5 Å². The molecule has 0 unspecified atom stereocenters. The molecule has 0 radical (unpaired) electrons. The molecule has 1 rings (SSSR count).